The molecule has 0 saturated heterocycles. The first-order valence-electron chi connectivity index (χ1n) is 5.57. The molecule has 2 rings (SSSR count). The molecule has 0 saturated carbocycles. The van der Waals surface area contributed by atoms with E-state index >= 15 is 0 Å². The maximum absolute atomic E-state index is 12.7. The number of halogens is 1. The maximum atomic E-state index is 12.7. The van der Waals surface area contributed by atoms with Crippen LogP contribution in [0, 0.1) is 17.1 Å². The third-order valence-corrected chi connectivity index (χ3v) is 2.50. The molecule has 0 fully saturated rings. The van der Waals surface area contributed by atoms with E-state index in [0.29, 0.717) is 5.56 Å². The van der Waals surface area contributed by atoms with Crippen LogP contribution < -0.4 is 5.32 Å². The van der Waals surface area contributed by atoms with Gasteiger partial charge in [0.15, 0.2) is 5.92 Å². The summed E-state index contributed by atoms with van der Waals surface area (Å²) in [7, 11) is 0. The Hall–Kier alpha value is -2.74. The van der Waals surface area contributed by atoms with Crippen LogP contribution in [0.15, 0.2) is 48.7 Å². The molecule has 1 N–H and O–H groups in total. The summed E-state index contributed by atoms with van der Waals surface area (Å²) >= 11 is 0. The summed E-state index contributed by atoms with van der Waals surface area (Å²) in [5.41, 5.74) is 0.601. The van der Waals surface area contributed by atoms with Crippen molar-refractivity contribution in [2.24, 2.45) is 0 Å². The number of amides is 1. The number of nitriles is 1. The van der Waals surface area contributed by atoms with Gasteiger partial charge in [0.2, 0.25) is 5.91 Å². The Morgan fingerprint density at radius 1 is 1.26 bits per heavy atom. The zero-order valence-corrected chi connectivity index (χ0v) is 9.88. The molecule has 1 atom stereocenters. The number of hydrogen-bond acceptors (Lipinski definition) is 3. The van der Waals surface area contributed by atoms with E-state index in [0.717, 1.165) is 6.20 Å². The van der Waals surface area contributed by atoms with E-state index in [9.17, 15) is 9.18 Å². The van der Waals surface area contributed by atoms with Crippen LogP contribution in [0.4, 0.5) is 10.2 Å². The second-order valence-corrected chi connectivity index (χ2v) is 3.82. The number of hydrogen-bond donors (Lipinski definition) is 1. The number of nitrogens with zero attached hydrogens (tertiary/aromatic N) is 2. The normalized spacial score (nSPS) is 11.4. The molecular weight excluding hydrogens is 245 g/mol. The highest BCUT2D eigenvalue weighted by atomic mass is 19.1. The fourth-order valence-electron chi connectivity index (χ4n) is 1.58. The zero-order chi connectivity index (χ0) is 13.7. The van der Waals surface area contributed by atoms with Crippen molar-refractivity contribution in [2.75, 3.05) is 5.32 Å². The smallest absolute Gasteiger partial charge is 0.247 e. The van der Waals surface area contributed by atoms with E-state index in [1.54, 1.807) is 30.3 Å². The van der Waals surface area contributed by atoms with Crippen molar-refractivity contribution >= 4 is 11.7 Å². The average molecular weight is 255 g/mol. The number of carbonyl (C=O) groups excluding carboxylic acids is 1. The molecule has 1 heterocycles. The maximum Gasteiger partial charge on any atom is 0.247 e. The minimum absolute atomic E-state index is 0.211. The SMILES string of the molecule is N#CC(C(=O)Nc1ccc(F)cn1)c1ccccc1. The van der Waals surface area contributed by atoms with Crippen molar-refractivity contribution in [3.63, 3.8) is 0 Å². The molecule has 0 bridgehead atoms. The third-order valence-electron chi connectivity index (χ3n) is 2.50. The van der Waals surface area contributed by atoms with E-state index in [1.165, 1.54) is 12.1 Å². The van der Waals surface area contributed by atoms with Crippen molar-refractivity contribution in [3.8, 4) is 6.07 Å². The Balaban J connectivity index is 2.14. The lowest BCUT2D eigenvalue weighted by Gasteiger charge is -2.09. The van der Waals surface area contributed by atoms with Crippen LogP contribution in [0.5, 0.6) is 0 Å². The topological polar surface area (TPSA) is 65.8 Å². The molecule has 0 spiro atoms. The van der Waals surface area contributed by atoms with Crippen LogP contribution >= 0.6 is 0 Å². The standard InChI is InChI=1S/C14H10FN3O/c15-11-6-7-13(17-9-11)18-14(19)12(8-16)10-4-2-1-3-5-10/h1-7,9,12H,(H,17,18,19). The predicted molar refractivity (Wildman–Crippen MR) is 67.6 cm³/mol. The van der Waals surface area contributed by atoms with Crippen LogP contribution in [0.3, 0.4) is 0 Å². The van der Waals surface area contributed by atoms with Crippen molar-refractivity contribution in [3.05, 3.63) is 60.0 Å². The third kappa shape index (κ3) is 3.13. The molecule has 19 heavy (non-hydrogen) atoms. The van der Waals surface area contributed by atoms with Gasteiger partial charge in [-0.1, -0.05) is 30.3 Å². The summed E-state index contributed by atoms with van der Waals surface area (Å²) in [6.07, 6.45) is 1.000. The number of anilines is 1. The lowest BCUT2D eigenvalue weighted by molar-refractivity contribution is -0.116. The lowest BCUT2D eigenvalue weighted by atomic mass is 10.00. The number of pyridine rings is 1. The van der Waals surface area contributed by atoms with Gasteiger partial charge in [0, 0.05) is 0 Å². The van der Waals surface area contributed by atoms with Gasteiger partial charge in [-0.3, -0.25) is 4.79 Å². The lowest BCUT2D eigenvalue weighted by Crippen LogP contribution is -2.20. The second kappa shape index (κ2) is 5.74. The van der Waals surface area contributed by atoms with Crippen molar-refractivity contribution < 1.29 is 9.18 Å². The van der Waals surface area contributed by atoms with Crippen molar-refractivity contribution in [1.82, 2.24) is 4.98 Å². The summed E-state index contributed by atoms with van der Waals surface area (Å²) in [6.45, 7) is 0. The van der Waals surface area contributed by atoms with Crippen LogP contribution in [-0.4, -0.2) is 10.9 Å². The number of aromatic nitrogens is 1. The molecule has 1 amide bonds. The molecule has 1 aromatic heterocycles. The molecule has 0 aliphatic carbocycles. The predicted octanol–water partition coefficient (Wildman–Crippen LogP) is 2.47. The van der Waals surface area contributed by atoms with E-state index < -0.39 is 17.6 Å². The first-order valence-corrected chi connectivity index (χ1v) is 5.57. The number of nitrogens with one attached hydrogen (secondary N) is 1. The highest BCUT2D eigenvalue weighted by molar-refractivity contribution is 5.97. The second-order valence-electron chi connectivity index (χ2n) is 3.82. The molecule has 0 radical (unpaired) electrons. The number of rotatable bonds is 3. The fourth-order valence-corrected chi connectivity index (χ4v) is 1.58. The molecule has 2 aromatic rings. The van der Waals surface area contributed by atoms with Gasteiger partial charge in [0.1, 0.15) is 11.6 Å². The highest BCUT2D eigenvalue weighted by Gasteiger charge is 2.20. The van der Waals surface area contributed by atoms with E-state index in [2.05, 4.69) is 10.3 Å². The fraction of sp³-hybridized carbons (Fsp3) is 0.0714. The molecule has 4 nitrogen and oxygen atoms in total. The van der Waals surface area contributed by atoms with Crippen molar-refractivity contribution in [2.45, 2.75) is 5.92 Å². The van der Waals surface area contributed by atoms with Gasteiger partial charge in [0.25, 0.3) is 0 Å². The van der Waals surface area contributed by atoms with E-state index in [4.69, 9.17) is 5.26 Å². The van der Waals surface area contributed by atoms with Gasteiger partial charge < -0.3 is 5.32 Å². The first-order chi connectivity index (χ1) is 9.20. The van der Waals surface area contributed by atoms with E-state index in [1.807, 2.05) is 6.07 Å². The Bertz CT molecular complexity index is 605. The minimum Gasteiger partial charge on any atom is -0.309 e. The Labute approximate surface area is 109 Å². The Kier molecular flexibility index (Phi) is 3.84. The van der Waals surface area contributed by atoms with Gasteiger partial charge in [0.05, 0.1) is 12.3 Å². The van der Waals surface area contributed by atoms with Gasteiger partial charge in [-0.25, -0.2) is 9.37 Å². The molecule has 1 unspecified atom stereocenters. The number of benzene rings is 1. The Morgan fingerprint density at radius 2 is 2.00 bits per heavy atom. The first kappa shape index (κ1) is 12.7. The molecule has 0 aliphatic heterocycles. The van der Waals surface area contributed by atoms with Gasteiger partial charge in [-0.2, -0.15) is 5.26 Å². The highest BCUT2D eigenvalue weighted by Crippen LogP contribution is 2.16. The van der Waals surface area contributed by atoms with Crippen molar-refractivity contribution in [1.29, 1.82) is 5.26 Å². The average Bonchev–Trinajstić information content (AvgIpc) is 2.43. The molecule has 1 aromatic carbocycles. The zero-order valence-electron chi connectivity index (χ0n) is 9.88. The van der Waals surface area contributed by atoms with Crippen LogP contribution in [0.2, 0.25) is 0 Å². The summed E-state index contributed by atoms with van der Waals surface area (Å²) in [4.78, 5) is 15.7. The summed E-state index contributed by atoms with van der Waals surface area (Å²) in [6, 6.07) is 13.2. The summed E-state index contributed by atoms with van der Waals surface area (Å²) in [5.74, 6) is -1.69. The van der Waals surface area contributed by atoms with Crippen LogP contribution in [0.1, 0.15) is 11.5 Å². The molecule has 0 aliphatic rings. The number of carbonyl (C=O) groups is 1. The molecule has 5 heteroatoms. The Morgan fingerprint density at radius 3 is 2.58 bits per heavy atom. The van der Waals surface area contributed by atoms with Crippen LogP contribution in [0.25, 0.3) is 0 Å². The summed E-state index contributed by atoms with van der Waals surface area (Å²) < 4.78 is 12.7. The molecular formula is C14H10FN3O. The van der Waals surface area contributed by atoms with E-state index in [-0.39, 0.29) is 5.82 Å². The molecule has 94 valence electrons. The van der Waals surface area contributed by atoms with Gasteiger partial charge in [-0.05, 0) is 17.7 Å². The monoisotopic (exact) mass is 255 g/mol. The largest absolute Gasteiger partial charge is 0.309 e. The summed E-state index contributed by atoms with van der Waals surface area (Å²) in [5, 5.41) is 11.6. The quantitative estimate of drug-likeness (QED) is 0.916. The van der Waals surface area contributed by atoms with Gasteiger partial charge >= 0.3 is 0 Å². The van der Waals surface area contributed by atoms with Crippen LogP contribution in [-0.2, 0) is 4.79 Å². The minimum atomic E-state index is -0.923. The van der Waals surface area contributed by atoms with Gasteiger partial charge in [-0.15, -0.1) is 0 Å².